The van der Waals surface area contributed by atoms with Crippen LogP contribution in [-0.2, 0) is 0 Å². The Kier molecular flexibility index (Phi) is 4.95. The van der Waals surface area contributed by atoms with Gasteiger partial charge in [0.15, 0.2) is 0 Å². The smallest absolute Gasteiger partial charge is 0.0308 e. The number of nitrogens with one attached hydrogen (secondary N) is 1. The van der Waals surface area contributed by atoms with E-state index in [1.807, 2.05) is 13.1 Å². The third kappa shape index (κ3) is 2.83. The molecule has 0 spiro atoms. The summed E-state index contributed by atoms with van der Waals surface area (Å²) in [5.41, 5.74) is 1.25. The summed E-state index contributed by atoms with van der Waals surface area (Å²) in [4.78, 5) is 0. The standard InChI is InChI=1S/C9H17N/c1-5-7-9(10-4)8(3)6-2/h5,9-10H,1,3,6-7H2,2,4H3. The summed E-state index contributed by atoms with van der Waals surface area (Å²) in [7, 11) is 1.95. The fourth-order valence-electron chi connectivity index (χ4n) is 0.902. The largest absolute Gasteiger partial charge is 0.313 e. The molecular weight excluding hydrogens is 122 g/mol. The van der Waals surface area contributed by atoms with E-state index in [0.29, 0.717) is 6.04 Å². The molecule has 58 valence electrons. The minimum absolute atomic E-state index is 0.419. The normalized spacial score (nSPS) is 12.6. The number of hydrogen-bond acceptors (Lipinski definition) is 1. The van der Waals surface area contributed by atoms with Gasteiger partial charge >= 0.3 is 0 Å². The van der Waals surface area contributed by atoms with Crippen LogP contribution in [0.4, 0.5) is 0 Å². The topological polar surface area (TPSA) is 12.0 Å². The van der Waals surface area contributed by atoms with Crippen LogP contribution in [0, 0.1) is 0 Å². The van der Waals surface area contributed by atoms with Gasteiger partial charge in [-0.05, 0) is 19.9 Å². The number of hydrogen-bond donors (Lipinski definition) is 1. The van der Waals surface area contributed by atoms with Crippen molar-refractivity contribution in [2.24, 2.45) is 0 Å². The van der Waals surface area contributed by atoms with Gasteiger partial charge in [-0.25, -0.2) is 0 Å². The van der Waals surface area contributed by atoms with Crippen LogP contribution in [0.5, 0.6) is 0 Å². The molecule has 0 saturated heterocycles. The molecule has 1 N–H and O–H groups in total. The molecule has 0 amide bonds. The van der Waals surface area contributed by atoms with Crippen LogP contribution in [0.3, 0.4) is 0 Å². The molecule has 0 radical (unpaired) electrons. The third-order valence-electron chi connectivity index (χ3n) is 1.70. The van der Waals surface area contributed by atoms with Gasteiger partial charge in [-0.15, -0.1) is 6.58 Å². The van der Waals surface area contributed by atoms with Gasteiger partial charge < -0.3 is 5.32 Å². The Labute approximate surface area is 63.8 Å². The van der Waals surface area contributed by atoms with Gasteiger partial charge in [0.2, 0.25) is 0 Å². The van der Waals surface area contributed by atoms with Gasteiger partial charge in [0.05, 0.1) is 0 Å². The predicted molar refractivity (Wildman–Crippen MR) is 47.1 cm³/mol. The van der Waals surface area contributed by atoms with E-state index in [1.54, 1.807) is 0 Å². The second-order valence-electron chi connectivity index (χ2n) is 2.38. The summed E-state index contributed by atoms with van der Waals surface area (Å²) in [6, 6.07) is 0.419. The van der Waals surface area contributed by atoms with E-state index in [1.165, 1.54) is 5.57 Å². The molecule has 0 rings (SSSR count). The maximum atomic E-state index is 3.95. The zero-order chi connectivity index (χ0) is 7.98. The van der Waals surface area contributed by atoms with Crippen molar-refractivity contribution in [2.75, 3.05) is 7.05 Å². The Morgan fingerprint density at radius 3 is 2.60 bits per heavy atom. The highest BCUT2D eigenvalue weighted by Crippen LogP contribution is 2.07. The van der Waals surface area contributed by atoms with Crippen molar-refractivity contribution < 1.29 is 0 Å². The molecule has 0 aromatic rings. The lowest BCUT2D eigenvalue weighted by Gasteiger charge is -2.15. The van der Waals surface area contributed by atoms with Gasteiger partial charge in [0.25, 0.3) is 0 Å². The van der Waals surface area contributed by atoms with Crippen molar-refractivity contribution in [3.05, 3.63) is 24.8 Å². The molecule has 1 heteroatoms. The van der Waals surface area contributed by atoms with Gasteiger partial charge in [-0.3, -0.25) is 0 Å². The monoisotopic (exact) mass is 139 g/mol. The maximum Gasteiger partial charge on any atom is 0.0308 e. The van der Waals surface area contributed by atoms with E-state index in [4.69, 9.17) is 0 Å². The highest BCUT2D eigenvalue weighted by atomic mass is 14.9. The molecule has 1 atom stereocenters. The van der Waals surface area contributed by atoms with E-state index in [9.17, 15) is 0 Å². The van der Waals surface area contributed by atoms with Crippen LogP contribution in [-0.4, -0.2) is 13.1 Å². The van der Waals surface area contributed by atoms with Gasteiger partial charge in [-0.1, -0.05) is 25.2 Å². The highest BCUT2D eigenvalue weighted by Gasteiger charge is 2.04. The molecule has 0 aliphatic rings. The van der Waals surface area contributed by atoms with Crippen molar-refractivity contribution in [1.29, 1.82) is 0 Å². The van der Waals surface area contributed by atoms with Crippen LogP contribution < -0.4 is 5.32 Å². The van der Waals surface area contributed by atoms with Crippen molar-refractivity contribution in [3.8, 4) is 0 Å². The van der Waals surface area contributed by atoms with Crippen LogP contribution in [0.25, 0.3) is 0 Å². The van der Waals surface area contributed by atoms with E-state index >= 15 is 0 Å². The quantitative estimate of drug-likeness (QED) is 0.575. The summed E-state index contributed by atoms with van der Waals surface area (Å²) in [5, 5.41) is 3.18. The average molecular weight is 139 g/mol. The summed E-state index contributed by atoms with van der Waals surface area (Å²) in [6.45, 7) is 9.76. The fourth-order valence-corrected chi connectivity index (χ4v) is 0.902. The summed E-state index contributed by atoms with van der Waals surface area (Å²) < 4.78 is 0. The summed E-state index contributed by atoms with van der Waals surface area (Å²) in [6.07, 6.45) is 3.94. The lowest BCUT2D eigenvalue weighted by molar-refractivity contribution is 0.629. The first-order valence-corrected chi connectivity index (χ1v) is 3.72. The first kappa shape index (κ1) is 9.44. The van der Waals surface area contributed by atoms with Crippen molar-refractivity contribution in [3.63, 3.8) is 0 Å². The molecule has 0 heterocycles. The molecule has 0 aromatic heterocycles. The minimum atomic E-state index is 0.419. The second-order valence-corrected chi connectivity index (χ2v) is 2.38. The van der Waals surface area contributed by atoms with Crippen molar-refractivity contribution >= 4 is 0 Å². The van der Waals surface area contributed by atoms with Gasteiger partial charge in [0.1, 0.15) is 0 Å². The number of likely N-dealkylation sites (N-methyl/N-ethyl adjacent to an activating group) is 1. The van der Waals surface area contributed by atoms with Crippen molar-refractivity contribution in [1.82, 2.24) is 5.32 Å². The van der Waals surface area contributed by atoms with Gasteiger partial charge in [-0.2, -0.15) is 0 Å². The second kappa shape index (κ2) is 5.24. The zero-order valence-electron chi connectivity index (χ0n) is 6.98. The molecule has 0 aliphatic heterocycles. The first-order valence-electron chi connectivity index (χ1n) is 3.72. The molecular formula is C9H17N. The minimum Gasteiger partial charge on any atom is -0.313 e. The maximum absolute atomic E-state index is 3.95. The third-order valence-corrected chi connectivity index (χ3v) is 1.70. The summed E-state index contributed by atoms with van der Waals surface area (Å²) >= 11 is 0. The highest BCUT2D eigenvalue weighted by molar-refractivity contribution is 5.06. The first-order chi connectivity index (χ1) is 4.76. The molecule has 0 aromatic carbocycles. The lowest BCUT2D eigenvalue weighted by Crippen LogP contribution is -2.25. The van der Waals surface area contributed by atoms with E-state index in [0.717, 1.165) is 12.8 Å². The lowest BCUT2D eigenvalue weighted by atomic mass is 10.0. The number of rotatable bonds is 5. The Morgan fingerprint density at radius 2 is 2.30 bits per heavy atom. The SMILES string of the molecule is C=CCC(NC)C(=C)CC. The molecule has 0 fully saturated rings. The fraction of sp³-hybridized carbons (Fsp3) is 0.556. The molecule has 1 nitrogen and oxygen atoms in total. The Balaban J connectivity index is 3.79. The van der Waals surface area contributed by atoms with Crippen molar-refractivity contribution in [2.45, 2.75) is 25.8 Å². The molecule has 0 aliphatic carbocycles. The Bertz CT molecular complexity index is 116. The Hall–Kier alpha value is -0.560. The van der Waals surface area contributed by atoms with Crippen LogP contribution in [0.1, 0.15) is 19.8 Å². The van der Waals surface area contributed by atoms with Gasteiger partial charge in [0, 0.05) is 6.04 Å². The average Bonchev–Trinajstić information content (AvgIpc) is 1.99. The van der Waals surface area contributed by atoms with E-state index in [-0.39, 0.29) is 0 Å². The molecule has 10 heavy (non-hydrogen) atoms. The van der Waals surface area contributed by atoms with E-state index in [2.05, 4.69) is 25.4 Å². The van der Waals surface area contributed by atoms with Crippen LogP contribution >= 0.6 is 0 Å². The van der Waals surface area contributed by atoms with Crippen LogP contribution in [0.15, 0.2) is 24.8 Å². The molecule has 0 bridgehead atoms. The Morgan fingerprint density at radius 1 is 1.70 bits per heavy atom. The predicted octanol–water partition coefficient (Wildman–Crippen LogP) is 2.12. The zero-order valence-corrected chi connectivity index (χ0v) is 6.98. The summed E-state index contributed by atoms with van der Waals surface area (Å²) in [5.74, 6) is 0. The molecule has 1 unspecified atom stereocenters. The molecule has 0 saturated carbocycles. The van der Waals surface area contributed by atoms with E-state index < -0.39 is 0 Å². The van der Waals surface area contributed by atoms with Crippen LogP contribution in [0.2, 0.25) is 0 Å².